The molecule has 7 nitrogen and oxygen atoms in total. The second-order valence-corrected chi connectivity index (χ2v) is 8.96. The number of amides is 2. The van der Waals surface area contributed by atoms with Crippen LogP contribution in [0.25, 0.3) is 10.9 Å². The molecule has 4 rings (SSSR count). The largest absolute Gasteiger partial charge is 0.465 e. The number of carbonyl (C=O) groups excluding carboxylic acids is 3. The van der Waals surface area contributed by atoms with Crippen molar-refractivity contribution in [3.05, 3.63) is 69.3 Å². The molecule has 1 fully saturated rings. The quantitative estimate of drug-likeness (QED) is 0.560. The van der Waals surface area contributed by atoms with Gasteiger partial charge in [-0.2, -0.15) is 0 Å². The molecule has 2 aromatic carbocycles. The first-order valence-electron chi connectivity index (χ1n) is 10.4. The van der Waals surface area contributed by atoms with Crippen LogP contribution in [-0.2, 0) is 22.1 Å². The second kappa shape index (κ2) is 8.72. The SMILES string of the molecule is COC(=O)c1ccc(C2(NC(=O)c3cc4c(Cl)c(Cl)ccc4n3C)CCN(C(C)=O)C2)cc1. The van der Waals surface area contributed by atoms with Gasteiger partial charge in [-0.25, -0.2) is 4.79 Å². The summed E-state index contributed by atoms with van der Waals surface area (Å²) in [5, 5.41) is 4.65. The van der Waals surface area contributed by atoms with Crippen LogP contribution in [0.2, 0.25) is 10.0 Å². The Morgan fingerprint density at radius 3 is 2.39 bits per heavy atom. The summed E-state index contributed by atoms with van der Waals surface area (Å²) in [7, 11) is 3.11. The average molecular weight is 488 g/mol. The van der Waals surface area contributed by atoms with E-state index in [-0.39, 0.29) is 11.8 Å². The van der Waals surface area contributed by atoms with Crippen LogP contribution < -0.4 is 5.32 Å². The molecule has 0 aliphatic carbocycles. The molecule has 1 aliphatic rings. The molecule has 0 spiro atoms. The van der Waals surface area contributed by atoms with E-state index in [0.29, 0.717) is 46.2 Å². The molecule has 33 heavy (non-hydrogen) atoms. The Bertz CT molecular complexity index is 1270. The topological polar surface area (TPSA) is 80.6 Å². The number of halogens is 2. The predicted molar refractivity (Wildman–Crippen MR) is 127 cm³/mol. The van der Waals surface area contributed by atoms with Crippen molar-refractivity contribution in [2.24, 2.45) is 7.05 Å². The summed E-state index contributed by atoms with van der Waals surface area (Å²) >= 11 is 12.5. The number of aryl methyl sites for hydroxylation is 1. The maximum atomic E-state index is 13.5. The molecule has 9 heteroatoms. The Morgan fingerprint density at radius 2 is 1.79 bits per heavy atom. The van der Waals surface area contributed by atoms with Gasteiger partial charge in [0.25, 0.3) is 5.91 Å². The lowest BCUT2D eigenvalue weighted by molar-refractivity contribution is -0.128. The van der Waals surface area contributed by atoms with E-state index in [1.807, 2.05) is 6.07 Å². The van der Waals surface area contributed by atoms with E-state index in [0.717, 1.165) is 11.1 Å². The molecule has 1 N–H and O–H groups in total. The van der Waals surface area contributed by atoms with Gasteiger partial charge in [-0.3, -0.25) is 9.59 Å². The zero-order valence-electron chi connectivity index (χ0n) is 18.4. The lowest BCUT2D eigenvalue weighted by atomic mass is 9.88. The molecule has 1 unspecified atom stereocenters. The highest BCUT2D eigenvalue weighted by Crippen LogP contribution is 2.35. The summed E-state index contributed by atoms with van der Waals surface area (Å²) in [6.07, 6.45) is 0.534. The first kappa shape index (κ1) is 23.1. The zero-order valence-corrected chi connectivity index (χ0v) is 20.0. The van der Waals surface area contributed by atoms with Gasteiger partial charge in [0.2, 0.25) is 5.91 Å². The fourth-order valence-electron chi connectivity index (χ4n) is 4.38. The number of aromatic nitrogens is 1. The van der Waals surface area contributed by atoms with E-state index >= 15 is 0 Å². The standard InChI is InChI=1S/C24H23Cl2N3O4/c1-14(30)29-11-10-24(13-29,16-6-4-15(5-7-16)23(32)33-3)27-22(31)20-12-17-19(28(20)2)9-8-18(25)21(17)26/h4-9,12H,10-11,13H2,1-3H3,(H,27,31). The fourth-order valence-corrected chi connectivity index (χ4v) is 4.76. The van der Waals surface area contributed by atoms with Gasteiger partial charge in [0.15, 0.2) is 0 Å². The highest BCUT2D eigenvalue weighted by Gasteiger charge is 2.42. The first-order valence-corrected chi connectivity index (χ1v) is 11.1. The number of ether oxygens (including phenoxy) is 1. The van der Waals surface area contributed by atoms with E-state index in [4.69, 9.17) is 27.9 Å². The van der Waals surface area contributed by atoms with Crippen molar-refractivity contribution >= 4 is 51.9 Å². The number of carbonyl (C=O) groups is 3. The maximum absolute atomic E-state index is 13.5. The van der Waals surface area contributed by atoms with Crippen LogP contribution in [0.1, 0.15) is 39.8 Å². The minimum absolute atomic E-state index is 0.0664. The van der Waals surface area contributed by atoms with Crippen LogP contribution in [0.4, 0.5) is 0 Å². The highest BCUT2D eigenvalue weighted by atomic mass is 35.5. The average Bonchev–Trinajstić information content (AvgIpc) is 3.39. The molecule has 2 heterocycles. The number of nitrogens with zero attached hydrogens (tertiary/aromatic N) is 2. The van der Waals surface area contributed by atoms with Crippen molar-refractivity contribution in [3.63, 3.8) is 0 Å². The summed E-state index contributed by atoms with van der Waals surface area (Å²) in [4.78, 5) is 39.1. The van der Waals surface area contributed by atoms with Gasteiger partial charge in [0.1, 0.15) is 5.69 Å². The van der Waals surface area contributed by atoms with Crippen LogP contribution in [0.15, 0.2) is 42.5 Å². The molecule has 1 saturated heterocycles. The van der Waals surface area contributed by atoms with Gasteiger partial charge in [-0.15, -0.1) is 0 Å². The van der Waals surface area contributed by atoms with Crippen LogP contribution in [0, 0.1) is 0 Å². The summed E-state index contributed by atoms with van der Waals surface area (Å²) in [5.74, 6) is -0.811. The molecule has 1 aliphatic heterocycles. The monoisotopic (exact) mass is 487 g/mol. The Hall–Kier alpha value is -3.03. The summed E-state index contributed by atoms with van der Waals surface area (Å²) in [6, 6.07) is 12.1. The lowest BCUT2D eigenvalue weighted by Gasteiger charge is -2.31. The number of hydrogen-bond donors (Lipinski definition) is 1. The molecule has 3 aromatic rings. The number of likely N-dealkylation sites (tertiary alicyclic amines) is 1. The van der Waals surface area contributed by atoms with Crippen molar-refractivity contribution in [3.8, 4) is 0 Å². The number of esters is 1. The second-order valence-electron chi connectivity index (χ2n) is 8.18. The Balaban J connectivity index is 1.72. The summed E-state index contributed by atoms with van der Waals surface area (Å²) < 4.78 is 6.54. The van der Waals surface area contributed by atoms with Crippen LogP contribution >= 0.6 is 23.2 Å². The molecule has 2 amide bonds. The van der Waals surface area contributed by atoms with E-state index < -0.39 is 11.5 Å². The summed E-state index contributed by atoms with van der Waals surface area (Å²) in [6.45, 7) is 2.33. The smallest absolute Gasteiger partial charge is 0.337 e. The number of hydrogen-bond acceptors (Lipinski definition) is 4. The maximum Gasteiger partial charge on any atom is 0.337 e. The lowest BCUT2D eigenvalue weighted by Crippen LogP contribution is -2.48. The third-order valence-electron chi connectivity index (χ3n) is 6.27. The Kier molecular flexibility index (Phi) is 6.12. The van der Waals surface area contributed by atoms with Gasteiger partial charge < -0.3 is 19.5 Å². The molecular weight excluding hydrogens is 465 g/mol. The van der Waals surface area contributed by atoms with E-state index in [9.17, 15) is 14.4 Å². The number of rotatable bonds is 4. The minimum atomic E-state index is -0.810. The van der Waals surface area contributed by atoms with Gasteiger partial charge in [0.05, 0.1) is 28.3 Å². The van der Waals surface area contributed by atoms with E-state index in [1.165, 1.54) is 14.0 Å². The molecule has 1 aromatic heterocycles. The number of nitrogens with one attached hydrogen (secondary N) is 1. The fraction of sp³-hybridized carbons (Fsp3) is 0.292. The first-order chi connectivity index (χ1) is 15.7. The van der Waals surface area contributed by atoms with E-state index in [2.05, 4.69) is 5.32 Å². The Labute approximate surface area is 201 Å². The third kappa shape index (κ3) is 4.07. The molecule has 0 bridgehead atoms. The van der Waals surface area contributed by atoms with Crippen molar-refractivity contribution in [1.29, 1.82) is 0 Å². The molecule has 172 valence electrons. The zero-order chi connectivity index (χ0) is 23.9. The van der Waals surface area contributed by atoms with Crippen LogP contribution in [-0.4, -0.2) is 47.4 Å². The van der Waals surface area contributed by atoms with Gasteiger partial charge in [-0.05, 0) is 42.3 Å². The number of methoxy groups -OCH3 is 1. The normalized spacial score (nSPS) is 17.9. The molecular formula is C24H23Cl2N3O4. The highest BCUT2D eigenvalue weighted by molar-refractivity contribution is 6.45. The van der Waals surface area contributed by atoms with Crippen molar-refractivity contribution < 1.29 is 19.1 Å². The van der Waals surface area contributed by atoms with Crippen molar-refractivity contribution in [1.82, 2.24) is 14.8 Å². The van der Waals surface area contributed by atoms with Gasteiger partial charge >= 0.3 is 5.97 Å². The molecule has 0 saturated carbocycles. The number of fused-ring (bicyclic) bond motifs is 1. The molecule has 1 atom stereocenters. The molecule has 0 radical (unpaired) electrons. The van der Waals surface area contributed by atoms with Gasteiger partial charge in [0, 0.05) is 38.0 Å². The van der Waals surface area contributed by atoms with Crippen LogP contribution in [0.3, 0.4) is 0 Å². The van der Waals surface area contributed by atoms with Crippen molar-refractivity contribution in [2.45, 2.75) is 18.9 Å². The Morgan fingerprint density at radius 1 is 1.09 bits per heavy atom. The van der Waals surface area contributed by atoms with E-state index in [1.54, 1.807) is 52.9 Å². The summed E-state index contributed by atoms with van der Waals surface area (Å²) in [5.41, 5.74) is 1.59. The van der Waals surface area contributed by atoms with Crippen molar-refractivity contribution in [2.75, 3.05) is 20.2 Å². The predicted octanol–water partition coefficient (Wildman–Crippen LogP) is 4.15. The van der Waals surface area contributed by atoms with Crippen LogP contribution in [0.5, 0.6) is 0 Å². The minimum Gasteiger partial charge on any atom is -0.465 e. The number of benzene rings is 2. The van der Waals surface area contributed by atoms with Gasteiger partial charge in [-0.1, -0.05) is 35.3 Å². The third-order valence-corrected chi connectivity index (χ3v) is 7.09.